The molecule has 0 aliphatic carbocycles. The van der Waals surface area contributed by atoms with Gasteiger partial charge < -0.3 is 10.1 Å². The molecule has 0 aromatic heterocycles. The van der Waals surface area contributed by atoms with Gasteiger partial charge in [0.05, 0.1) is 12.6 Å². The van der Waals surface area contributed by atoms with Gasteiger partial charge in [0.1, 0.15) is 5.82 Å². The number of nitrogens with one attached hydrogen (secondary N) is 2. The molecule has 0 unspecified atom stereocenters. The molecule has 0 saturated carbocycles. The van der Waals surface area contributed by atoms with E-state index in [-0.39, 0.29) is 11.7 Å². The van der Waals surface area contributed by atoms with Crippen LogP contribution >= 0.6 is 0 Å². The molecular weight excluding hydrogens is 321 g/mol. The number of carbonyl (C=O) groups is 1. The van der Waals surface area contributed by atoms with Crippen molar-refractivity contribution in [2.45, 2.75) is 18.9 Å². The molecule has 2 N–H and O–H groups in total. The third-order valence-corrected chi connectivity index (χ3v) is 3.83. The predicted molar refractivity (Wildman–Crippen MR) is 95.2 cm³/mol. The van der Waals surface area contributed by atoms with Crippen LogP contribution in [0.1, 0.15) is 23.2 Å². The molecule has 1 fully saturated rings. The van der Waals surface area contributed by atoms with Crippen LogP contribution in [-0.2, 0) is 4.74 Å². The van der Waals surface area contributed by atoms with Gasteiger partial charge in [-0.1, -0.05) is 24.3 Å². The predicted octanol–water partition coefficient (Wildman–Crippen LogP) is 3.20. The van der Waals surface area contributed by atoms with Gasteiger partial charge in [-0.25, -0.2) is 9.38 Å². The second-order valence-corrected chi connectivity index (χ2v) is 5.78. The van der Waals surface area contributed by atoms with Crippen LogP contribution in [0.4, 0.5) is 10.1 Å². The first-order valence-electron chi connectivity index (χ1n) is 8.26. The summed E-state index contributed by atoms with van der Waals surface area (Å²) in [5.74, 6) is -0.563. The third kappa shape index (κ3) is 5.12. The quantitative estimate of drug-likeness (QED) is 0.663. The summed E-state index contributed by atoms with van der Waals surface area (Å²) < 4.78 is 18.9. The van der Waals surface area contributed by atoms with Crippen molar-refractivity contribution in [3.63, 3.8) is 0 Å². The van der Waals surface area contributed by atoms with Crippen molar-refractivity contribution in [2.75, 3.05) is 18.5 Å². The van der Waals surface area contributed by atoms with E-state index in [0.29, 0.717) is 12.5 Å². The number of hydrogen-bond donors (Lipinski definition) is 2. The highest BCUT2D eigenvalue weighted by molar-refractivity contribution is 6.09. The van der Waals surface area contributed by atoms with Crippen LogP contribution < -0.4 is 10.6 Å². The molecule has 1 heterocycles. The number of nitrogens with zero attached hydrogens (tertiary/aromatic N) is 1. The number of para-hydroxylation sites is 1. The monoisotopic (exact) mass is 341 g/mol. The zero-order chi connectivity index (χ0) is 17.5. The van der Waals surface area contributed by atoms with Crippen molar-refractivity contribution in [1.82, 2.24) is 5.32 Å². The van der Waals surface area contributed by atoms with E-state index in [9.17, 15) is 9.18 Å². The lowest BCUT2D eigenvalue weighted by Crippen LogP contribution is -2.36. The van der Waals surface area contributed by atoms with Gasteiger partial charge in [-0.15, -0.1) is 0 Å². The van der Waals surface area contributed by atoms with Crippen LogP contribution in [0.2, 0.25) is 0 Å². The lowest BCUT2D eigenvalue weighted by atomic mass is 10.2. The van der Waals surface area contributed by atoms with Gasteiger partial charge in [-0.3, -0.25) is 10.1 Å². The van der Waals surface area contributed by atoms with E-state index in [1.807, 2.05) is 30.3 Å². The van der Waals surface area contributed by atoms with Crippen LogP contribution in [-0.4, -0.2) is 31.1 Å². The smallest absolute Gasteiger partial charge is 0.258 e. The first kappa shape index (κ1) is 17.1. The molecule has 2 aromatic carbocycles. The molecule has 1 aliphatic rings. The minimum atomic E-state index is -0.457. The molecule has 1 saturated heterocycles. The van der Waals surface area contributed by atoms with Crippen LogP contribution in [0.5, 0.6) is 0 Å². The number of rotatable bonds is 4. The molecule has 25 heavy (non-hydrogen) atoms. The third-order valence-electron chi connectivity index (χ3n) is 3.83. The Morgan fingerprint density at radius 3 is 2.76 bits per heavy atom. The second-order valence-electron chi connectivity index (χ2n) is 5.78. The minimum absolute atomic E-state index is 0.0682. The average Bonchev–Trinajstić information content (AvgIpc) is 3.14. The number of benzene rings is 2. The Bertz CT molecular complexity index is 743. The molecule has 130 valence electrons. The Morgan fingerprint density at radius 2 is 2.04 bits per heavy atom. The number of guanidine groups is 1. The van der Waals surface area contributed by atoms with Crippen LogP contribution in [0.15, 0.2) is 59.6 Å². The van der Waals surface area contributed by atoms with E-state index in [1.165, 1.54) is 18.2 Å². The summed E-state index contributed by atoms with van der Waals surface area (Å²) in [6.07, 6.45) is 2.05. The number of halogens is 1. The van der Waals surface area contributed by atoms with Gasteiger partial charge in [-0.2, -0.15) is 0 Å². The highest BCUT2D eigenvalue weighted by Crippen LogP contribution is 2.12. The first-order valence-corrected chi connectivity index (χ1v) is 8.26. The lowest BCUT2D eigenvalue weighted by molar-refractivity contribution is 0.0975. The molecular formula is C19H20FN3O2. The molecule has 3 rings (SSSR count). The normalized spacial score (nSPS) is 17.3. The molecule has 6 heteroatoms. The van der Waals surface area contributed by atoms with E-state index >= 15 is 0 Å². The maximum Gasteiger partial charge on any atom is 0.258 e. The standard InChI is InChI=1S/C19H20FN3O2/c20-15-7-4-6-14(12-15)18(24)23-19(21-13-17-10-5-11-25-17)22-16-8-2-1-3-9-16/h1-4,6-9,12,17H,5,10-11,13H2,(H2,21,22,23,24)/t17-/m1/s1. The largest absolute Gasteiger partial charge is 0.376 e. The summed E-state index contributed by atoms with van der Waals surface area (Å²) in [6, 6.07) is 15.0. The van der Waals surface area contributed by atoms with Crippen molar-refractivity contribution < 1.29 is 13.9 Å². The summed E-state index contributed by atoms with van der Waals surface area (Å²) in [5, 5.41) is 5.80. The summed E-state index contributed by atoms with van der Waals surface area (Å²) in [6.45, 7) is 1.20. The van der Waals surface area contributed by atoms with Gasteiger partial charge >= 0.3 is 0 Å². The fraction of sp³-hybridized carbons (Fsp3) is 0.263. The van der Waals surface area contributed by atoms with Gasteiger partial charge in [0.15, 0.2) is 0 Å². The fourth-order valence-corrected chi connectivity index (χ4v) is 2.56. The summed E-state index contributed by atoms with van der Waals surface area (Å²) >= 11 is 0. The molecule has 1 amide bonds. The van der Waals surface area contributed by atoms with Gasteiger partial charge in [0.25, 0.3) is 5.91 Å². The lowest BCUT2D eigenvalue weighted by Gasteiger charge is -2.13. The molecule has 1 atom stereocenters. The van der Waals surface area contributed by atoms with E-state index in [0.717, 1.165) is 25.1 Å². The van der Waals surface area contributed by atoms with Crippen LogP contribution in [0.3, 0.4) is 0 Å². The van der Waals surface area contributed by atoms with Crippen molar-refractivity contribution >= 4 is 17.6 Å². The van der Waals surface area contributed by atoms with E-state index in [4.69, 9.17) is 4.74 Å². The molecule has 2 aromatic rings. The van der Waals surface area contributed by atoms with Crippen molar-refractivity contribution in [3.05, 3.63) is 66.0 Å². The average molecular weight is 341 g/mol. The number of hydrogen-bond acceptors (Lipinski definition) is 3. The highest BCUT2D eigenvalue weighted by Gasteiger charge is 2.16. The molecule has 0 radical (unpaired) electrons. The SMILES string of the molecule is O=C(NC(=NC[C@H]1CCCO1)Nc1ccccc1)c1cccc(F)c1. The minimum Gasteiger partial charge on any atom is -0.376 e. The first-order chi connectivity index (χ1) is 12.2. The Kier molecular flexibility index (Phi) is 5.74. The summed E-state index contributed by atoms with van der Waals surface area (Å²) in [4.78, 5) is 16.8. The number of carbonyl (C=O) groups excluding carboxylic acids is 1. The van der Waals surface area contributed by atoms with Gasteiger partial charge in [0.2, 0.25) is 5.96 Å². The van der Waals surface area contributed by atoms with Crippen molar-refractivity contribution in [1.29, 1.82) is 0 Å². The van der Waals surface area contributed by atoms with Gasteiger partial charge in [-0.05, 0) is 43.2 Å². The topological polar surface area (TPSA) is 62.7 Å². The van der Waals surface area contributed by atoms with Crippen LogP contribution in [0, 0.1) is 5.82 Å². The van der Waals surface area contributed by atoms with E-state index < -0.39 is 11.7 Å². The molecule has 0 spiro atoms. The Hall–Kier alpha value is -2.73. The van der Waals surface area contributed by atoms with Crippen molar-refractivity contribution in [2.24, 2.45) is 4.99 Å². The van der Waals surface area contributed by atoms with E-state index in [2.05, 4.69) is 15.6 Å². The molecule has 0 bridgehead atoms. The Labute approximate surface area is 145 Å². The van der Waals surface area contributed by atoms with Crippen LogP contribution in [0.25, 0.3) is 0 Å². The number of aliphatic imine (C=N–C) groups is 1. The second kappa shape index (κ2) is 8.39. The molecule has 5 nitrogen and oxygen atoms in total. The fourth-order valence-electron chi connectivity index (χ4n) is 2.56. The highest BCUT2D eigenvalue weighted by atomic mass is 19.1. The summed E-state index contributed by atoms with van der Waals surface area (Å²) in [7, 11) is 0. The maximum atomic E-state index is 13.3. The van der Waals surface area contributed by atoms with Gasteiger partial charge in [0, 0.05) is 17.9 Å². The summed E-state index contributed by atoms with van der Waals surface area (Å²) in [5.41, 5.74) is 1.04. The number of amides is 1. The maximum absolute atomic E-state index is 13.3. The van der Waals surface area contributed by atoms with E-state index in [1.54, 1.807) is 6.07 Å². The zero-order valence-corrected chi connectivity index (χ0v) is 13.7. The Morgan fingerprint density at radius 1 is 1.20 bits per heavy atom. The zero-order valence-electron chi connectivity index (χ0n) is 13.7. The number of ether oxygens (including phenoxy) is 1. The molecule has 1 aliphatic heterocycles. The Balaban J connectivity index is 1.72. The number of anilines is 1. The van der Waals surface area contributed by atoms with Crippen molar-refractivity contribution in [3.8, 4) is 0 Å².